The van der Waals surface area contributed by atoms with Gasteiger partial charge in [0.15, 0.2) is 16.4 Å². The lowest BCUT2D eigenvalue weighted by Crippen LogP contribution is -2.08. The van der Waals surface area contributed by atoms with Crippen molar-refractivity contribution < 1.29 is 12.8 Å². The molecule has 2 aromatic heterocycles. The predicted molar refractivity (Wildman–Crippen MR) is 94.3 cm³/mol. The molecule has 2 heterocycles. The number of nitrogens with one attached hydrogen (secondary N) is 1. The Labute approximate surface area is 150 Å². The van der Waals surface area contributed by atoms with Gasteiger partial charge in [-0.25, -0.2) is 22.3 Å². The van der Waals surface area contributed by atoms with Crippen molar-refractivity contribution in [3.8, 4) is 0 Å². The van der Waals surface area contributed by atoms with Crippen LogP contribution in [0.1, 0.15) is 11.4 Å². The van der Waals surface area contributed by atoms with Crippen molar-refractivity contribution in [2.75, 3.05) is 12.4 Å². The van der Waals surface area contributed by atoms with Crippen molar-refractivity contribution >= 4 is 33.7 Å². The first-order chi connectivity index (χ1) is 11.4. The number of anilines is 1. The van der Waals surface area contributed by atoms with Crippen LogP contribution in [-0.2, 0) is 16.4 Å². The van der Waals surface area contributed by atoms with Crippen LogP contribution in [0.25, 0.3) is 5.65 Å². The van der Waals surface area contributed by atoms with Crippen LogP contribution < -0.4 is 11.1 Å². The zero-order chi connectivity index (χ0) is 17.5. The Hall–Kier alpha value is -2.23. The van der Waals surface area contributed by atoms with Gasteiger partial charge in [0.05, 0.1) is 10.6 Å². The Morgan fingerprint density at radius 1 is 1.28 bits per heavy atom. The number of fused-ring (bicyclic) bond motifs is 1. The van der Waals surface area contributed by atoms with Crippen molar-refractivity contribution in [3.05, 3.63) is 47.5 Å². The maximum absolute atomic E-state index is 13.1. The number of nitrogens with two attached hydrogens (primary N) is 1. The van der Waals surface area contributed by atoms with Gasteiger partial charge in [-0.05, 0) is 37.3 Å². The van der Waals surface area contributed by atoms with Crippen molar-refractivity contribution in [1.29, 1.82) is 0 Å². The fraction of sp³-hybridized carbons (Fsp3) is 0.200. The summed E-state index contributed by atoms with van der Waals surface area (Å²) in [5.74, 6) is -0.342. The molecule has 25 heavy (non-hydrogen) atoms. The number of aryl methyl sites for hydroxylation is 1. The molecule has 0 saturated heterocycles. The van der Waals surface area contributed by atoms with E-state index in [0.29, 0.717) is 11.4 Å². The number of hydrogen-bond acceptors (Lipinski definition) is 6. The van der Waals surface area contributed by atoms with Crippen LogP contribution >= 0.6 is 12.4 Å². The molecular weight excluding hydrogens is 369 g/mol. The summed E-state index contributed by atoms with van der Waals surface area (Å²) in [6, 6.07) is 6.37. The standard InChI is InChI=1S/C15H16FN5O2S.ClH/c1-9-7-11(8-17)19-15-13(14(18-2)20-21(9)15)24(22,23)12-5-3-10(16)4-6-12;/h3-7H,8,17H2,1-2H3,(H,18,20);1H. The smallest absolute Gasteiger partial charge is 0.214 e. The molecule has 0 saturated carbocycles. The fourth-order valence-electron chi connectivity index (χ4n) is 2.46. The molecule has 0 aliphatic rings. The molecule has 0 unspecified atom stereocenters. The number of nitrogens with zero attached hydrogens (tertiary/aromatic N) is 3. The van der Waals surface area contributed by atoms with Crippen molar-refractivity contribution in [3.63, 3.8) is 0 Å². The zero-order valence-corrected chi connectivity index (χ0v) is 15.2. The number of aromatic nitrogens is 3. The first-order valence-electron chi connectivity index (χ1n) is 7.16. The highest BCUT2D eigenvalue weighted by Gasteiger charge is 2.29. The molecule has 0 amide bonds. The van der Waals surface area contributed by atoms with Gasteiger partial charge in [0.1, 0.15) is 5.82 Å². The first-order valence-corrected chi connectivity index (χ1v) is 8.64. The summed E-state index contributed by atoms with van der Waals surface area (Å²) in [7, 11) is -2.37. The number of benzene rings is 1. The van der Waals surface area contributed by atoms with E-state index in [9.17, 15) is 12.8 Å². The largest absolute Gasteiger partial charge is 0.370 e. The summed E-state index contributed by atoms with van der Waals surface area (Å²) < 4.78 is 40.6. The average molecular weight is 386 g/mol. The van der Waals surface area contributed by atoms with E-state index >= 15 is 0 Å². The molecule has 0 radical (unpaired) electrons. The number of halogens is 2. The minimum Gasteiger partial charge on any atom is -0.370 e. The molecule has 0 fully saturated rings. The first kappa shape index (κ1) is 19.1. The van der Waals surface area contributed by atoms with Gasteiger partial charge in [0, 0.05) is 19.3 Å². The van der Waals surface area contributed by atoms with Gasteiger partial charge in [0.25, 0.3) is 0 Å². The third-order valence-electron chi connectivity index (χ3n) is 3.62. The highest BCUT2D eigenvalue weighted by molar-refractivity contribution is 7.91. The van der Waals surface area contributed by atoms with E-state index in [1.54, 1.807) is 20.0 Å². The number of rotatable bonds is 4. The van der Waals surface area contributed by atoms with Crippen LogP contribution in [0.3, 0.4) is 0 Å². The molecule has 0 bridgehead atoms. The highest BCUT2D eigenvalue weighted by Crippen LogP contribution is 2.31. The zero-order valence-electron chi connectivity index (χ0n) is 13.5. The van der Waals surface area contributed by atoms with Gasteiger partial charge in [-0.3, -0.25) is 0 Å². The lowest BCUT2D eigenvalue weighted by molar-refractivity contribution is 0.595. The SMILES string of the molecule is CNc1nn2c(C)cc(CN)nc2c1S(=O)(=O)c1ccc(F)cc1.Cl. The molecule has 1 aromatic carbocycles. The average Bonchev–Trinajstić information content (AvgIpc) is 2.95. The maximum atomic E-state index is 13.1. The lowest BCUT2D eigenvalue weighted by Gasteiger charge is -2.06. The van der Waals surface area contributed by atoms with E-state index in [1.165, 1.54) is 16.6 Å². The van der Waals surface area contributed by atoms with Gasteiger partial charge in [0.2, 0.25) is 9.84 Å². The van der Waals surface area contributed by atoms with E-state index in [0.717, 1.165) is 12.1 Å². The van der Waals surface area contributed by atoms with Gasteiger partial charge in [-0.1, -0.05) is 0 Å². The van der Waals surface area contributed by atoms with Crippen LogP contribution in [0.5, 0.6) is 0 Å². The summed E-state index contributed by atoms with van der Waals surface area (Å²) >= 11 is 0. The van der Waals surface area contributed by atoms with Crippen LogP contribution in [0, 0.1) is 12.7 Å². The Morgan fingerprint density at radius 3 is 2.48 bits per heavy atom. The minimum atomic E-state index is -3.94. The maximum Gasteiger partial charge on any atom is 0.214 e. The Bertz CT molecular complexity index is 1020. The van der Waals surface area contributed by atoms with Crippen molar-refractivity contribution in [2.45, 2.75) is 23.3 Å². The second-order valence-corrected chi connectivity index (χ2v) is 7.10. The molecule has 0 aliphatic carbocycles. The highest BCUT2D eigenvalue weighted by atomic mass is 35.5. The lowest BCUT2D eigenvalue weighted by atomic mass is 10.3. The molecule has 7 nitrogen and oxygen atoms in total. The van der Waals surface area contributed by atoms with Crippen LogP contribution in [0.15, 0.2) is 40.1 Å². The van der Waals surface area contributed by atoms with Crippen LogP contribution in [-0.4, -0.2) is 30.1 Å². The summed E-state index contributed by atoms with van der Waals surface area (Å²) in [5, 5.41) is 7.04. The topological polar surface area (TPSA) is 102 Å². The summed E-state index contributed by atoms with van der Waals surface area (Å²) in [6.07, 6.45) is 0. The van der Waals surface area contributed by atoms with E-state index < -0.39 is 15.7 Å². The molecule has 0 aliphatic heterocycles. The number of hydrogen-bond donors (Lipinski definition) is 2. The van der Waals surface area contributed by atoms with Crippen molar-refractivity contribution in [1.82, 2.24) is 14.6 Å². The van der Waals surface area contributed by atoms with E-state index in [-0.39, 0.29) is 40.2 Å². The second kappa shape index (κ2) is 6.95. The minimum absolute atomic E-state index is 0. The van der Waals surface area contributed by atoms with Gasteiger partial charge < -0.3 is 11.1 Å². The molecule has 0 spiro atoms. The van der Waals surface area contributed by atoms with Gasteiger partial charge in [-0.2, -0.15) is 0 Å². The summed E-state index contributed by atoms with van der Waals surface area (Å²) in [6.45, 7) is 1.96. The summed E-state index contributed by atoms with van der Waals surface area (Å²) in [5.41, 5.74) is 7.08. The van der Waals surface area contributed by atoms with Crippen molar-refractivity contribution in [2.24, 2.45) is 5.73 Å². The van der Waals surface area contributed by atoms with Crippen LogP contribution in [0.4, 0.5) is 10.2 Å². The fourth-order valence-corrected chi connectivity index (χ4v) is 3.96. The Morgan fingerprint density at radius 2 is 1.92 bits per heavy atom. The van der Waals surface area contributed by atoms with E-state index in [1.807, 2.05) is 0 Å². The predicted octanol–water partition coefficient (Wildman–Crippen LogP) is 1.93. The third kappa shape index (κ3) is 3.17. The molecule has 134 valence electrons. The Kier molecular flexibility index (Phi) is 5.31. The second-order valence-electron chi connectivity index (χ2n) is 5.21. The van der Waals surface area contributed by atoms with E-state index in [2.05, 4.69) is 15.4 Å². The quantitative estimate of drug-likeness (QED) is 0.665. The molecular formula is C15H17ClFN5O2S. The summed E-state index contributed by atoms with van der Waals surface area (Å²) in [4.78, 5) is 4.22. The van der Waals surface area contributed by atoms with E-state index in [4.69, 9.17) is 5.73 Å². The molecule has 3 rings (SSSR count). The molecule has 10 heteroatoms. The number of sulfone groups is 1. The van der Waals surface area contributed by atoms with Crippen LogP contribution in [0.2, 0.25) is 0 Å². The Balaban J connectivity index is 0.00000225. The monoisotopic (exact) mass is 385 g/mol. The van der Waals surface area contributed by atoms with Gasteiger partial charge >= 0.3 is 0 Å². The normalized spacial score (nSPS) is 11.4. The van der Waals surface area contributed by atoms with Gasteiger partial charge in [-0.15, -0.1) is 17.5 Å². The third-order valence-corrected chi connectivity index (χ3v) is 5.42. The molecule has 0 atom stereocenters. The molecule has 3 N–H and O–H groups in total. The molecule has 3 aromatic rings.